The van der Waals surface area contributed by atoms with Gasteiger partial charge in [-0.1, -0.05) is 30.3 Å². The third-order valence-electron chi connectivity index (χ3n) is 3.13. The van der Waals surface area contributed by atoms with Gasteiger partial charge in [0.2, 0.25) is 6.35 Å². The van der Waals surface area contributed by atoms with Gasteiger partial charge in [-0.2, -0.15) is 0 Å². The number of hydrogen-bond donors (Lipinski definition) is 1. The van der Waals surface area contributed by atoms with E-state index in [1.807, 2.05) is 71.4 Å². The maximum absolute atomic E-state index is 10.3. The monoisotopic (exact) mass is 226 g/mol. The summed E-state index contributed by atoms with van der Waals surface area (Å²) in [6.45, 7) is 0. The van der Waals surface area contributed by atoms with Crippen LogP contribution in [0.5, 0.6) is 0 Å². The van der Waals surface area contributed by atoms with Crippen LogP contribution in [0.2, 0.25) is 0 Å². The number of para-hydroxylation sites is 3. The molecule has 1 heterocycles. The number of hydrogen-bond acceptors (Lipinski definition) is 3. The van der Waals surface area contributed by atoms with Crippen LogP contribution in [0.1, 0.15) is 0 Å². The number of benzene rings is 2. The first-order valence-electron chi connectivity index (χ1n) is 5.63. The minimum atomic E-state index is -0.644. The highest BCUT2D eigenvalue weighted by molar-refractivity contribution is 5.82. The Kier molecular flexibility index (Phi) is 2.27. The minimum Gasteiger partial charge on any atom is -0.356 e. The van der Waals surface area contributed by atoms with E-state index in [9.17, 15) is 5.11 Å². The molecule has 3 rings (SSSR count). The summed E-state index contributed by atoms with van der Waals surface area (Å²) < 4.78 is 0. The van der Waals surface area contributed by atoms with Crippen molar-refractivity contribution in [3.8, 4) is 0 Å². The van der Waals surface area contributed by atoms with Gasteiger partial charge >= 0.3 is 0 Å². The number of aliphatic hydroxyl groups is 1. The lowest BCUT2D eigenvalue weighted by atomic mass is 10.2. The summed E-state index contributed by atoms with van der Waals surface area (Å²) in [5, 5.41) is 10.3. The van der Waals surface area contributed by atoms with Crippen LogP contribution in [0.3, 0.4) is 0 Å². The molecule has 1 aliphatic heterocycles. The Hall–Kier alpha value is -2.00. The Bertz CT molecular complexity index is 527. The maximum atomic E-state index is 10.3. The summed E-state index contributed by atoms with van der Waals surface area (Å²) in [6, 6.07) is 17.9. The average Bonchev–Trinajstić information content (AvgIpc) is 2.64. The Labute approximate surface area is 101 Å². The van der Waals surface area contributed by atoms with Crippen LogP contribution in [0.15, 0.2) is 54.6 Å². The van der Waals surface area contributed by atoms with E-state index in [1.54, 1.807) is 0 Å². The zero-order valence-corrected chi connectivity index (χ0v) is 9.62. The van der Waals surface area contributed by atoms with Gasteiger partial charge < -0.3 is 10.0 Å². The maximum Gasteiger partial charge on any atom is 0.212 e. The van der Waals surface area contributed by atoms with Gasteiger partial charge in [-0.25, -0.2) is 0 Å². The molecule has 3 heteroatoms. The second-order valence-electron chi connectivity index (χ2n) is 4.15. The largest absolute Gasteiger partial charge is 0.356 e. The molecule has 2 aromatic rings. The quantitative estimate of drug-likeness (QED) is 0.809. The van der Waals surface area contributed by atoms with E-state index >= 15 is 0 Å². The molecule has 0 saturated carbocycles. The van der Waals surface area contributed by atoms with Crippen LogP contribution in [0.25, 0.3) is 0 Å². The Morgan fingerprint density at radius 3 is 2.18 bits per heavy atom. The molecule has 0 aromatic heterocycles. The summed E-state index contributed by atoms with van der Waals surface area (Å²) in [5.41, 5.74) is 3.08. The van der Waals surface area contributed by atoms with E-state index in [0.717, 1.165) is 17.1 Å². The average molecular weight is 226 g/mol. The number of fused-ring (bicyclic) bond motifs is 1. The van der Waals surface area contributed by atoms with Gasteiger partial charge in [0, 0.05) is 12.7 Å². The highest BCUT2D eigenvalue weighted by Crippen LogP contribution is 2.41. The summed E-state index contributed by atoms with van der Waals surface area (Å²) >= 11 is 0. The van der Waals surface area contributed by atoms with E-state index in [2.05, 4.69) is 0 Å². The fourth-order valence-corrected chi connectivity index (χ4v) is 2.25. The van der Waals surface area contributed by atoms with Crippen molar-refractivity contribution in [2.45, 2.75) is 6.35 Å². The van der Waals surface area contributed by atoms with Crippen molar-refractivity contribution in [1.29, 1.82) is 0 Å². The zero-order chi connectivity index (χ0) is 11.8. The molecule has 1 N–H and O–H groups in total. The molecule has 2 aromatic carbocycles. The lowest BCUT2D eigenvalue weighted by molar-refractivity contribution is 0.189. The molecule has 0 saturated heterocycles. The van der Waals surface area contributed by atoms with Gasteiger partial charge in [-0.05, 0) is 24.3 Å². The zero-order valence-electron chi connectivity index (χ0n) is 9.62. The van der Waals surface area contributed by atoms with Crippen LogP contribution >= 0.6 is 0 Å². The number of nitrogens with zero attached hydrogens (tertiary/aromatic N) is 2. The molecule has 86 valence electrons. The van der Waals surface area contributed by atoms with Crippen molar-refractivity contribution in [3.63, 3.8) is 0 Å². The summed E-state index contributed by atoms with van der Waals surface area (Å²) in [6.07, 6.45) is -0.644. The molecule has 0 radical (unpaired) electrons. The van der Waals surface area contributed by atoms with Gasteiger partial charge in [0.15, 0.2) is 0 Å². The van der Waals surface area contributed by atoms with E-state index in [0.29, 0.717) is 0 Å². The smallest absolute Gasteiger partial charge is 0.212 e. The van der Waals surface area contributed by atoms with E-state index in [4.69, 9.17) is 0 Å². The standard InChI is InChI=1S/C14H14N2O/c1-15-12-9-5-6-10-13(12)16(14(15)17)11-7-3-2-4-8-11/h2-10,14,17H,1H3. The molecule has 0 bridgehead atoms. The van der Waals surface area contributed by atoms with E-state index in [-0.39, 0.29) is 0 Å². The normalized spacial score (nSPS) is 18.4. The lowest BCUT2D eigenvalue weighted by Crippen LogP contribution is -2.38. The highest BCUT2D eigenvalue weighted by atomic mass is 16.3. The molecule has 0 fully saturated rings. The van der Waals surface area contributed by atoms with Gasteiger partial charge in [-0.15, -0.1) is 0 Å². The third-order valence-corrected chi connectivity index (χ3v) is 3.13. The van der Waals surface area contributed by atoms with Crippen LogP contribution in [-0.2, 0) is 0 Å². The van der Waals surface area contributed by atoms with Crippen LogP contribution < -0.4 is 9.80 Å². The molecule has 0 spiro atoms. The second kappa shape index (κ2) is 3.79. The molecule has 1 aliphatic rings. The first kappa shape index (κ1) is 10.2. The summed E-state index contributed by atoms with van der Waals surface area (Å²) in [7, 11) is 1.90. The first-order valence-corrected chi connectivity index (χ1v) is 5.63. The molecule has 0 aliphatic carbocycles. The summed E-state index contributed by atoms with van der Waals surface area (Å²) in [4.78, 5) is 3.79. The fourth-order valence-electron chi connectivity index (χ4n) is 2.25. The predicted molar refractivity (Wildman–Crippen MR) is 69.4 cm³/mol. The second-order valence-corrected chi connectivity index (χ2v) is 4.15. The van der Waals surface area contributed by atoms with E-state index in [1.165, 1.54) is 0 Å². The van der Waals surface area contributed by atoms with Crippen molar-refractivity contribution in [3.05, 3.63) is 54.6 Å². The van der Waals surface area contributed by atoms with Gasteiger partial charge in [0.25, 0.3) is 0 Å². The fraction of sp³-hybridized carbons (Fsp3) is 0.143. The first-order chi connectivity index (χ1) is 8.29. The SMILES string of the molecule is CN1c2ccccc2N(c2ccccc2)C1O. The number of anilines is 3. The molecule has 17 heavy (non-hydrogen) atoms. The number of aliphatic hydroxyl groups excluding tert-OH is 1. The predicted octanol–water partition coefficient (Wildman–Crippen LogP) is 2.55. The lowest BCUT2D eigenvalue weighted by Gasteiger charge is -2.25. The van der Waals surface area contributed by atoms with Crippen molar-refractivity contribution in [2.75, 3.05) is 16.8 Å². The van der Waals surface area contributed by atoms with Crippen molar-refractivity contribution in [2.24, 2.45) is 0 Å². The van der Waals surface area contributed by atoms with Crippen molar-refractivity contribution >= 4 is 17.1 Å². The molecular formula is C14H14N2O. The van der Waals surface area contributed by atoms with Crippen LogP contribution in [0.4, 0.5) is 17.1 Å². The summed E-state index contributed by atoms with van der Waals surface area (Å²) in [5.74, 6) is 0. The van der Waals surface area contributed by atoms with Crippen molar-refractivity contribution < 1.29 is 5.11 Å². The molecular weight excluding hydrogens is 212 g/mol. The Balaban J connectivity index is 2.13. The molecule has 1 atom stereocenters. The topological polar surface area (TPSA) is 26.7 Å². The number of rotatable bonds is 1. The molecule has 3 nitrogen and oxygen atoms in total. The van der Waals surface area contributed by atoms with Crippen molar-refractivity contribution in [1.82, 2.24) is 0 Å². The Morgan fingerprint density at radius 2 is 1.47 bits per heavy atom. The van der Waals surface area contributed by atoms with Gasteiger partial charge in [0.05, 0.1) is 11.4 Å². The third kappa shape index (κ3) is 1.47. The van der Waals surface area contributed by atoms with Crippen LogP contribution in [0, 0.1) is 0 Å². The Morgan fingerprint density at radius 1 is 0.882 bits per heavy atom. The minimum absolute atomic E-state index is 0.644. The molecule has 1 unspecified atom stereocenters. The van der Waals surface area contributed by atoms with Gasteiger partial charge in [0.1, 0.15) is 0 Å². The molecule has 0 amide bonds. The highest BCUT2D eigenvalue weighted by Gasteiger charge is 2.32. The van der Waals surface area contributed by atoms with E-state index < -0.39 is 6.35 Å². The van der Waals surface area contributed by atoms with Crippen LogP contribution in [-0.4, -0.2) is 18.5 Å². The van der Waals surface area contributed by atoms with Gasteiger partial charge in [-0.3, -0.25) is 4.90 Å².